The number of nitrogen functional groups attached to an aromatic ring is 1. The molecule has 0 amide bonds. The van der Waals surface area contributed by atoms with Crippen molar-refractivity contribution in [1.82, 2.24) is 9.97 Å². The van der Waals surface area contributed by atoms with Crippen LogP contribution in [-0.4, -0.2) is 21.0 Å². The Labute approximate surface area is 74.1 Å². The van der Waals surface area contributed by atoms with E-state index in [0.717, 1.165) is 0 Å². The van der Waals surface area contributed by atoms with Crippen LogP contribution in [0.5, 0.6) is 0 Å². The summed E-state index contributed by atoms with van der Waals surface area (Å²) < 4.78 is 0. The molecule has 0 spiro atoms. The first-order valence-corrected chi connectivity index (χ1v) is 3.53. The predicted molar refractivity (Wildman–Crippen MR) is 45.4 cm³/mol. The minimum absolute atomic E-state index is 0.0806. The number of carbonyl (C=O) groups is 1. The van der Waals surface area contributed by atoms with Gasteiger partial charge in [-0.2, -0.15) is 0 Å². The number of thiol groups is 1. The zero-order valence-corrected chi connectivity index (χ0v) is 7.17. The molecule has 5 nitrogen and oxygen atoms in total. The number of aromatic nitrogens is 2. The van der Waals surface area contributed by atoms with Crippen LogP contribution in [0.15, 0.2) is 5.03 Å². The van der Waals surface area contributed by atoms with Crippen LogP contribution in [0.2, 0.25) is 0 Å². The Morgan fingerprint density at radius 3 is 2.67 bits per heavy atom. The van der Waals surface area contributed by atoms with E-state index in [9.17, 15) is 4.79 Å². The van der Waals surface area contributed by atoms with Crippen LogP contribution in [0.1, 0.15) is 16.1 Å². The van der Waals surface area contributed by atoms with Gasteiger partial charge in [0.15, 0.2) is 5.69 Å². The molecule has 0 radical (unpaired) electrons. The van der Waals surface area contributed by atoms with Crippen molar-refractivity contribution in [2.75, 3.05) is 5.73 Å². The van der Waals surface area contributed by atoms with E-state index in [1.165, 1.54) is 0 Å². The van der Waals surface area contributed by atoms with E-state index in [1.807, 2.05) is 0 Å². The Morgan fingerprint density at radius 2 is 2.17 bits per heavy atom. The smallest absolute Gasteiger partial charge is 0.355 e. The van der Waals surface area contributed by atoms with Gasteiger partial charge in [-0.05, 0) is 6.92 Å². The first-order valence-electron chi connectivity index (χ1n) is 3.08. The number of nitrogens with two attached hydrogens (primary N) is 1. The SMILES string of the molecule is Cc1c(S)nc(N)nc1C(=O)O. The second-order valence-electron chi connectivity index (χ2n) is 2.18. The van der Waals surface area contributed by atoms with Crippen molar-refractivity contribution in [2.24, 2.45) is 0 Å². The summed E-state index contributed by atoms with van der Waals surface area (Å²) in [5.41, 5.74) is 5.54. The highest BCUT2D eigenvalue weighted by Crippen LogP contribution is 2.14. The summed E-state index contributed by atoms with van der Waals surface area (Å²) in [5.74, 6) is -1.21. The fourth-order valence-corrected chi connectivity index (χ4v) is 0.938. The maximum atomic E-state index is 10.5. The summed E-state index contributed by atoms with van der Waals surface area (Å²) in [5, 5.41) is 8.93. The number of anilines is 1. The highest BCUT2D eigenvalue weighted by molar-refractivity contribution is 7.80. The Kier molecular flexibility index (Phi) is 2.18. The average Bonchev–Trinajstić information content (AvgIpc) is 1.96. The first-order chi connectivity index (χ1) is 5.52. The van der Waals surface area contributed by atoms with Crippen LogP contribution in [-0.2, 0) is 0 Å². The molecule has 0 aliphatic carbocycles. The van der Waals surface area contributed by atoms with Crippen LogP contribution in [0.4, 0.5) is 5.95 Å². The van der Waals surface area contributed by atoms with E-state index in [2.05, 4.69) is 22.6 Å². The quantitative estimate of drug-likeness (QED) is 0.434. The molecule has 1 aromatic rings. The molecule has 0 atom stereocenters. The van der Waals surface area contributed by atoms with Gasteiger partial charge in [0.2, 0.25) is 5.95 Å². The molecule has 6 heteroatoms. The molecule has 1 rings (SSSR count). The lowest BCUT2D eigenvalue weighted by molar-refractivity contribution is 0.0689. The number of hydrogen-bond donors (Lipinski definition) is 3. The van der Waals surface area contributed by atoms with Crippen LogP contribution in [0.3, 0.4) is 0 Å². The van der Waals surface area contributed by atoms with Gasteiger partial charge in [-0.3, -0.25) is 0 Å². The van der Waals surface area contributed by atoms with E-state index >= 15 is 0 Å². The Bertz CT molecular complexity index is 340. The Morgan fingerprint density at radius 1 is 1.58 bits per heavy atom. The minimum Gasteiger partial charge on any atom is -0.476 e. The predicted octanol–water partition coefficient (Wildman–Crippen LogP) is 0.354. The van der Waals surface area contributed by atoms with E-state index in [1.54, 1.807) is 6.92 Å². The van der Waals surface area contributed by atoms with Crippen LogP contribution >= 0.6 is 12.6 Å². The lowest BCUT2D eigenvalue weighted by atomic mass is 10.2. The van der Waals surface area contributed by atoms with Crippen molar-refractivity contribution < 1.29 is 9.90 Å². The molecule has 0 bridgehead atoms. The van der Waals surface area contributed by atoms with Gasteiger partial charge >= 0.3 is 5.97 Å². The summed E-state index contributed by atoms with van der Waals surface area (Å²) >= 11 is 3.94. The van der Waals surface area contributed by atoms with Crippen molar-refractivity contribution in [3.05, 3.63) is 11.3 Å². The molecular weight excluding hydrogens is 178 g/mol. The van der Waals surface area contributed by atoms with Crippen molar-refractivity contribution in [3.63, 3.8) is 0 Å². The molecule has 0 aliphatic heterocycles. The van der Waals surface area contributed by atoms with Crippen LogP contribution < -0.4 is 5.73 Å². The van der Waals surface area contributed by atoms with Crippen LogP contribution in [0.25, 0.3) is 0 Å². The number of rotatable bonds is 1. The third kappa shape index (κ3) is 1.48. The highest BCUT2D eigenvalue weighted by atomic mass is 32.1. The van der Waals surface area contributed by atoms with Gasteiger partial charge in [0, 0.05) is 5.56 Å². The van der Waals surface area contributed by atoms with Gasteiger partial charge in [-0.15, -0.1) is 12.6 Å². The van der Waals surface area contributed by atoms with Crippen molar-refractivity contribution >= 4 is 24.5 Å². The zero-order chi connectivity index (χ0) is 9.30. The van der Waals surface area contributed by atoms with Gasteiger partial charge in [0.05, 0.1) is 0 Å². The lowest BCUT2D eigenvalue weighted by Gasteiger charge is -2.02. The molecule has 64 valence electrons. The topological polar surface area (TPSA) is 89.1 Å². The van der Waals surface area contributed by atoms with Crippen molar-refractivity contribution in [1.29, 1.82) is 0 Å². The zero-order valence-electron chi connectivity index (χ0n) is 6.27. The second kappa shape index (κ2) is 2.98. The fourth-order valence-electron chi connectivity index (χ4n) is 0.730. The van der Waals surface area contributed by atoms with Gasteiger partial charge in [-0.25, -0.2) is 14.8 Å². The largest absolute Gasteiger partial charge is 0.476 e. The summed E-state index contributed by atoms with van der Waals surface area (Å²) in [7, 11) is 0. The molecular formula is C6H7N3O2S. The van der Waals surface area contributed by atoms with Gasteiger partial charge in [0.25, 0.3) is 0 Å². The molecule has 12 heavy (non-hydrogen) atoms. The summed E-state index contributed by atoms with van der Waals surface area (Å²) in [6, 6.07) is 0. The summed E-state index contributed by atoms with van der Waals surface area (Å²) in [6.07, 6.45) is 0. The molecule has 0 saturated carbocycles. The third-order valence-corrected chi connectivity index (χ3v) is 1.78. The Hall–Kier alpha value is -1.30. The second-order valence-corrected chi connectivity index (χ2v) is 2.61. The highest BCUT2D eigenvalue weighted by Gasteiger charge is 2.12. The van der Waals surface area contributed by atoms with Gasteiger partial charge in [0.1, 0.15) is 5.03 Å². The van der Waals surface area contributed by atoms with E-state index in [0.29, 0.717) is 10.6 Å². The van der Waals surface area contributed by atoms with E-state index in [4.69, 9.17) is 10.8 Å². The monoisotopic (exact) mass is 185 g/mol. The maximum absolute atomic E-state index is 10.5. The lowest BCUT2D eigenvalue weighted by Crippen LogP contribution is -2.08. The minimum atomic E-state index is -1.13. The normalized spacial score (nSPS) is 9.83. The molecule has 1 heterocycles. The van der Waals surface area contributed by atoms with E-state index in [-0.39, 0.29) is 11.6 Å². The first kappa shape index (κ1) is 8.79. The van der Waals surface area contributed by atoms with Gasteiger partial charge < -0.3 is 10.8 Å². The number of nitrogens with zero attached hydrogens (tertiary/aromatic N) is 2. The van der Waals surface area contributed by atoms with Crippen molar-refractivity contribution in [3.8, 4) is 0 Å². The molecule has 0 aromatic carbocycles. The number of hydrogen-bond acceptors (Lipinski definition) is 5. The number of carboxylic acids is 1. The molecule has 0 saturated heterocycles. The molecule has 0 fully saturated rings. The fraction of sp³-hybridized carbons (Fsp3) is 0.167. The summed E-state index contributed by atoms with van der Waals surface area (Å²) in [4.78, 5) is 17.8. The Balaban J connectivity index is 3.37. The van der Waals surface area contributed by atoms with Crippen LogP contribution in [0, 0.1) is 6.92 Å². The van der Waals surface area contributed by atoms with Crippen molar-refractivity contribution in [2.45, 2.75) is 11.9 Å². The summed E-state index contributed by atoms with van der Waals surface area (Å²) in [6.45, 7) is 1.57. The van der Waals surface area contributed by atoms with E-state index < -0.39 is 5.97 Å². The van der Waals surface area contributed by atoms with Gasteiger partial charge in [-0.1, -0.05) is 0 Å². The number of aromatic carboxylic acids is 1. The molecule has 1 aromatic heterocycles. The average molecular weight is 185 g/mol. The molecule has 0 unspecified atom stereocenters. The maximum Gasteiger partial charge on any atom is 0.355 e. The standard InChI is InChI=1S/C6H7N3O2S/c1-2-3(5(10)11)8-6(7)9-4(2)12/h1H3,(H,10,11)(H3,7,8,9,12). The molecule has 3 N–H and O–H groups in total. The number of carboxylic acid groups (broad SMARTS) is 1. The third-order valence-electron chi connectivity index (χ3n) is 1.34. The molecule has 0 aliphatic rings.